The molecule has 0 spiro atoms. The van der Waals surface area contributed by atoms with Gasteiger partial charge in [-0.1, -0.05) is 27.2 Å². The number of nitrogen functional groups attached to an aromatic ring is 1. The number of aryl methyl sites for hydroxylation is 1. The Labute approximate surface area is 116 Å². The van der Waals surface area contributed by atoms with Crippen molar-refractivity contribution in [2.75, 3.05) is 23.4 Å². The van der Waals surface area contributed by atoms with Crippen LogP contribution in [0, 0.1) is 5.92 Å². The lowest BCUT2D eigenvalue weighted by atomic mass is 10.1. The van der Waals surface area contributed by atoms with E-state index < -0.39 is 0 Å². The molecule has 1 aromatic heterocycles. The fourth-order valence-electron chi connectivity index (χ4n) is 1.94. The molecule has 0 amide bonds. The molecule has 0 radical (unpaired) electrons. The zero-order valence-corrected chi connectivity index (χ0v) is 12.6. The predicted molar refractivity (Wildman–Crippen MR) is 81.2 cm³/mol. The van der Waals surface area contributed by atoms with Gasteiger partial charge in [0, 0.05) is 25.6 Å². The Kier molecular flexibility index (Phi) is 6.56. The summed E-state index contributed by atoms with van der Waals surface area (Å²) >= 11 is 0. The van der Waals surface area contributed by atoms with E-state index in [0.29, 0.717) is 11.7 Å². The van der Waals surface area contributed by atoms with Gasteiger partial charge in [0.25, 0.3) is 0 Å². The van der Waals surface area contributed by atoms with Gasteiger partial charge in [-0.05, 0) is 19.3 Å². The Balaban J connectivity index is 2.97. The lowest BCUT2D eigenvalue weighted by Gasteiger charge is -2.25. The molecule has 1 unspecified atom stereocenters. The summed E-state index contributed by atoms with van der Waals surface area (Å²) in [5.74, 6) is 8.66. The minimum absolute atomic E-state index is 0.652. The van der Waals surface area contributed by atoms with Gasteiger partial charge >= 0.3 is 0 Å². The highest BCUT2D eigenvalue weighted by Crippen LogP contribution is 2.18. The Bertz CT molecular complexity index is 380. The molecular formula is C14H27N5. The molecule has 5 nitrogen and oxygen atoms in total. The minimum atomic E-state index is 0.652. The lowest BCUT2D eigenvalue weighted by Crippen LogP contribution is -2.29. The Morgan fingerprint density at radius 1 is 1.32 bits per heavy atom. The van der Waals surface area contributed by atoms with E-state index in [4.69, 9.17) is 5.84 Å². The van der Waals surface area contributed by atoms with Gasteiger partial charge in [0.1, 0.15) is 17.5 Å². The summed E-state index contributed by atoms with van der Waals surface area (Å²) in [6.45, 7) is 10.7. The number of anilines is 2. The van der Waals surface area contributed by atoms with Crippen LogP contribution in [-0.4, -0.2) is 23.1 Å². The monoisotopic (exact) mass is 265 g/mol. The molecule has 0 fully saturated rings. The van der Waals surface area contributed by atoms with Crippen molar-refractivity contribution in [2.24, 2.45) is 11.8 Å². The van der Waals surface area contributed by atoms with Crippen molar-refractivity contribution in [3.63, 3.8) is 0 Å². The van der Waals surface area contributed by atoms with E-state index >= 15 is 0 Å². The van der Waals surface area contributed by atoms with Crippen molar-refractivity contribution >= 4 is 11.6 Å². The molecule has 0 aliphatic carbocycles. The average Bonchev–Trinajstić information content (AvgIpc) is 2.44. The summed E-state index contributed by atoms with van der Waals surface area (Å²) in [5.41, 5.74) is 2.63. The van der Waals surface area contributed by atoms with Crippen molar-refractivity contribution < 1.29 is 0 Å². The van der Waals surface area contributed by atoms with Gasteiger partial charge in [0.15, 0.2) is 0 Å². The molecule has 1 heterocycles. The first-order valence-electron chi connectivity index (χ1n) is 7.24. The van der Waals surface area contributed by atoms with E-state index in [2.05, 4.69) is 48.0 Å². The Morgan fingerprint density at radius 2 is 2.05 bits per heavy atom. The lowest BCUT2D eigenvalue weighted by molar-refractivity contribution is 0.544. The molecule has 0 saturated heterocycles. The molecule has 0 aromatic carbocycles. The normalized spacial score (nSPS) is 12.3. The van der Waals surface area contributed by atoms with Crippen LogP contribution in [0.25, 0.3) is 0 Å². The summed E-state index contributed by atoms with van der Waals surface area (Å²) in [6.07, 6.45) is 3.08. The summed E-state index contributed by atoms with van der Waals surface area (Å²) < 4.78 is 0. The second kappa shape index (κ2) is 7.94. The molecular weight excluding hydrogens is 238 g/mol. The molecule has 0 aliphatic heterocycles. The van der Waals surface area contributed by atoms with Crippen molar-refractivity contribution in [3.05, 3.63) is 11.9 Å². The van der Waals surface area contributed by atoms with Crippen LogP contribution in [-0.2, 0) is 6.42 Å². The quantitative estimate of drug-likeness (QED) is 0.558. The number of hydrazine groups is 1. The number of hydrogen-bond donors (Lipinski definition) is 2. The predicted octanol–water partition coefficient (Wildman–Crippen LogP) is 2.59. The first-order valence-corrected chi connectivity index (χ1v) is 7.24. The van der Waals surface area contributed by atoms with Crippen molar-refractivity contribution in [2.45, 2.75) is 47.0 Å². The largest absolute Gasteiger partial charge is 0.356 e. The maximum absolute atomic E-state index is 5.49. The summed E-state index contributed by atoms with van der Waals surface area (Å²) in [6, 6.07) is 1.92. The van der Waals surface area contributed by atoms with E-state index in [1.54, 1.807) is 0 Å². The molecule has 108 valence electrons. The van der Waals surface area contributed by atoms with E-state index in [1.165, 1.54) is 6.42 Å². The number of nitrogens with zero attached hydrogens (tertiary/aromatic N) is 3. The number of nitrogens with two attached hydrogens (primary N) is 1. The Hall–Kier alpha value is -1.36. The summed E-state index contributed by atoms with van der Waals surface area (Å²) in [4.78, 5) is 11.3. The fraction of sp³-hybridized carbons (Fsp3) is 0.714. The number of rotatable bonds is 8. The van der Waals surface area contributed by atoms with Gasteiger partial charge in [0.2, 0.25) is 0 Å². The highest BCUT2D eigenvalue weighted by Gasteiger charge is 2.12. The highest BCUT2D eigenvalue weighted by molar-refractivity contribution is 5.48. The SMILES string of the molecule is CCCc1nc(NN)cc(N(CC)CC(C)CC)n1. The molecule has 1 rings (SSSR count). The van der Waals surface area contributed by atoms with Crippen LogP contribution >= 0.6 is 0 Å². The average molecular weight is 265 g/mol. The molecule has 1 aromatic rings. The fourth-order valence-corrected chi connectivity index (χ4v) is 1.94. The molecule has 3 N–H and O–H groups in total. The number of nitrogens with one attached hydrogen (secondary N) is 1. The van der Waals surface area contributed by atoms with Crippen LogP contribution in [0.5, 0.6) is 0 Å². The van der Waals surface area contributed by atoms with Gasteiger partial charge in [-0.15, -0.1) is 0 Å². The third kappa shape index (κ3) is 4.67. The maximum atomic E-state index is 5.49. The number of hydrogen-bond acceptors (Lipinski definition) is 5. The van der Waals surface area contributed by atoms with Crippen LogP contribution in [0.3, 0.4) is 0 Å². The van der Waals surface area contributed by atoms with Crippen molar-refractivity contribution in [3.8, 4) is 0 Å². The van der Waals surface area contributed by atoms with E-state index in [1.807, 2.05) is 6.07 Å². The molecule has 0 saturated carbocycles. The third-order valence-corrected chi connectivity index (χ3v) is 3.32. The molecule has 0 aliphatic rings. The van der Waals surface area contributed by atoms with Crippen LogP contribution in [0.2, 0.25) is 0 Å². The zero-order valence-electron chi connectivity index (χ0n) is 12.6. The van der Waals surface area contributed by atoms with Gasteiger partial charge in [-0.2, -0.15) is 0 Å². The zero-order chi connectivity index (χ0) is 14.3. The first-order chi connectivity index (χ1) is 9.14. The molecule has 19 heavy (non-hydrogen) atoms. The summed E-state index contributed by atoms with van der Waals surface area (Å²) in [5, 5.41) is 0. The highest BCUT2D eigenvalue weighted by atomic mass is 15.3. The van der Waals surface area contributed by atoms with Crippen LogP contribution in [0.1, 0.15) is 46.4 Å². The molecule has 5 heteroatoms. The van der Waals surface area contributed by atoms with E-state index in [9.17, 15) is 0 Å². The van der Waals surface area contributed by atoms with Gasteiger partial charge < -0.3 is 10.3 Å². The topological polar surface area (TPSA) is 67.1 Å². The van der Waals surface area contributed by atoms with Crippen molar-refractivity contribution in [1.82, 2.24) is 9.97 Å². The van der Waals surface area contributed by atoms with Gasteiger partial charge in [-0.3, -0.25) is 0 Å². The standard InChI is InChI=1S/C14H27N5/c1-5-8-12-16-13(18-15)9-14(17-12)19(7-3)10-11(4)6-2/h9,11H,5-8,10,15H2,1-4H3,(H,16,17,18). The van der Waals surface area contributed by atoms with Gasteiger partial charge in [0.05, 0.1) is 0 Å². The molecule has 1 atom stereocenters. The Morgan fingerprint density at radius 3 is 2.58 bits per heavy atom. The first kappa shape index (κ1) is 15.7. The van der Waals surface area contributed by atoms with Crippen LogP contribution in [0.15, 0.2) is 6.07 Å². The van der Waals surface area contributed by atoms with Crippen LogP contribution in [0.4, 0.5) is 11.6 Å². The van der Waals surface area contributed by atoms with Crippen molar-refractivity contribution in [1.29, 1.82) is 0 Å². The minimum Gasteiger partial charge on any atom is -0.356 e. The van der Waals surface area contributed by atoms with Crippen LogP contribution < -0.4 is 16.2 Å². The third-order valence-electron chi connectivity index (χ3n) is 3.32. The van der Waals surface area contributed by atoms with Gasteiger partial charge in [-0.25, -0.2) is 15.8 Å². The smallest absolute Gasteiger partial charge is 0.145 e. The number of aromatic nitrogens is 2. The second-order valence-corrected chi connectivity index (χ2v) is 4.97. The van der Waals surface area contributed by atoms with E-state index in [-0.39, 0.29) is 0 Å². The van der Waals surface area contributed by atoms with E-state index in [0.717, 1.165) is 37.6 Å². The second-order valence-electron chi connectivity index (χ2n) is 4.97. The summed E-state index contributed by atoms with van der Waals surface area (Å²) in [7, 11) is 0. The maximum Gasteiger partial charge on any atom is 0.145 e. The molecule has 0 bridgehead atoms.